The second-order valence-electron chi connectivity index (χ2n) is 8.89. The summed E-state index contributed by atoms with van der Waals surface area (Å²) in [6.07, 6.45) is 3.46. The Kier molecular flexibility index (Phi) is 10.7. The average Bonchev–Trinajstić information content (AvgIpc) is 2.92. The van der Waals surface area contributed by atoms with Crippen LogP contribution in [0, 0.1) is 0 Å². The highest BCUT2D eigenvalue weighted by molar-refractivity contribution is 5.85. The zero-order chi connectivity index (χ0) is 25.8. The van der Waals surface area contributed by atoms with Crippen molar-refractivity contribution in [2.24, 2.45) is 0 Å². The highest BCUT2D eigenvalue weighted by Crippen LogP contribution is 2.24. The van der Waals surface area contributed by atoms with E-state index < -0.39 is 0 Å². The Morgan fingerprint density at radius 2 is 1.81 bits per heavy atom. The second-order valence-corrected chi connectivity index (χ2v) is 8.89. The summed E-state index contributed by atoms with van der Waals surface area (Å²) in [7, 11) is 6.06. The number of carbonyl (C=O) groups excluding carboxylic acids is 1. The maximum atomic E-state index is 11.5. The standard InChI is InChI=1S/C29H39N5O2/c1-5-31-29-19-27(25(21-35)20-32-29)34(4)17-16-33(3)26-13-9-10-23(18-26)22-36-28(14-15-30-2)24-11-7-6-8-12-24/h6-13,18-21,28,30H,5,14-17,22H2,1-4H3,(H,31,32). The van der Waals surface area contributed by atoms with Gasteiger partial charge in [-0.2, -0.15) is 0 Å². The molecule has 0 fully saturated rings. The van der Waals surface area contributed by atoms with Gasteiger partial charge < -0.3 is 25.2 Å². The number of aldehydes is 1. The SMILES string of the molecule is CCNc1cc(N(C)CCN(C)c2cccc(COC(CCNC)c3ccccc3)c2)c(C=O)cn1. The molecule has 3 aromatic rings. The zero-order valence-electron chi connectivity index (χ0n) is 21.9. The first-order valence-electron chi connectivity index (χ1n) is 12.6. The minimum atomic E-state index is 0.0492. The first-order valence-corrected chi connectivity index (χ1v) is 12.6. The van der Waals surface area contributed by atoms with Crippen molar-refractivity contribution in [3.05, 3.63) is 83.6 Å². The quantitative estimate of drug-likeness (QED) is 0.298. The summed E-state index contributed by atoms with van der Waals surface area (Å²) in [4.78, 5) is 20.2. The monoisotopic (exact) mass is 489 g/mol. The van der Waals surface area contributed by atoms with E-state index in [1.807, 2.05) is 33.2 Å². The minimum Gasteiger partial charge on any atom is -0.373 e. The fourth-order valence-corrected chi connectivity index (χ4v) is 4.07. The summed E-state index contributed by atoms with van der Waals surface area (Å²) < 4.78 is 6.35. The van der Waals surface area contributed by atoms with Gasteiger partial charge in [0.15, 0.2) is 6.29 Å². The number of rotatable bonds is 15. The lowest BCUT2D eigenvalue weighted by Gasteiger charge is -2.26. The average molecular weight is 490 g/mol. The van der Waals surface area contributed by atoms with E-state index in [1.165, 1.54) is 5.56 Å². The second kappa shape index (κ2) is 14.2. The third-order valence-electron chi connectivity index (χ3n) is 6.21. The molecule has 1 heterocycles. The molecule has 3 rings (SSSR count). The van der Waals surface area contributed by atoms with Crippen molar-refractivity contribution in [2.45, 2.75) is 26.1 Å². The molecule has 1 unspecified atom stereocenters. The molecule has 1 aromatic heterocycles. The highest BCUT2D eigenvalue weighted by atomic mass is 16.5. The lowest BCUT2D eigenvalue weighted by molar-refractivity contribution is 0.0344. The van der Waals surface area contributed by atoms with Crippen molar-refractivity contribution in [2.75, 3.05) is 62.4 Å². The van der Waals surface area contributed by atoms with E-state index in [-0.39, 0.29) is 6.10 Å². The van der Waals surface area contributed by atoms with Gasteiger partial charge in [-0.1, -0.05) is 42.5 Å². The van der Waals surface area contributed by atoms with E-state index in [4.69, 9.17) is 4.74 Å². The van der Waals surface area contributed by atoms with Crippen LogP contribution >= 0.6 is 0 Å². The first-order chi connectivity index (χ1) is 17.5. The van der Waals surface area contributed by atoms with E-state index in [1.54, 1.807) is 6.20 Å². The molecule has 192 valence electrons. The van der Waals surface area contributed by atoms with Crippen molar-refractivity contribution in [1.82, 2.24) is 10.3 Å². The predicted molar refractivity (Wildman–Crippen MR) is 149 cm³/mol. The molecule has 0 saturated carbocycles. The van der Waals surface area contributed by atoms with Gasteiger partial charge in [-0.05, 0) is 50.2 Å². The molecule has 0 saturated heterocycles. The lowest BCUT2D eigenvalue weighted by Crippen LogP contribution is -2.31. The fraction of sp³-hybridized carbons (Fsp3) is 0.379. The van der Waals surface area contributed by atoms with Gasteiger partial charge in [0.05, 0.1) is 24.0 Å². The van der Waals surface area contributed by atoms with Crippen molar-refractivity contribution in [3.63, 3.8) is 0 Å². The number of nitrogens with one attached hydrogen (secondary N) is 2. The molecule has 2 aromatic carbocycles. The Hall–Kier alpha value is -3.42. The Balaban J connectivity index is 1.61. The molecule has 2 N–H and O–H groups in total. The third kappa shape index (κ3) is 7.80. The number of hydrogen-bond acceptors (Lipinski definition) is 7. The molecule has 7 nitrogen and oxygen atoms in total. The van der Waals surface area contributed by atoms with E-state index >= 15 is 0 Å². The van der Waals surface area contributed by atoms with Crippen molar-refractivity contribution in [3.8, 4) is 0 Å². The van der Waals surface area contributed by atoms with Gasteiger partial charge in [0.25, 0.3) is 0 Å². The van der Waals surface area contributed by atoms with Crippen LogP contribution in [0.4, 0.5) is 17.2 Å². The number of pyridine rings is 1. The highest BCUT2D eigenvalue weighted by Gasteiger charge is 2.13. The summed E-state index contributed by atoms with van der Waals surface area (Å²) in [6, 6.07) is 20.8. The van der Waals surface area contributed by atoms with Crippen LogP contribution in [0.25, 0.3) is 0 Å². The van der Waals surface area contributed by atoms with Crippen LogP contribution in [0.15, 0.2) is 66.9 Å². The summed E-state index contributed by atoms with van der Waals surface area (Å²) >= 11 is 0. The van der Waals surface area contributed by atoms with Crippen LogP contribution < -0.4 is 20.4 Å². The third-order valence-corrected chi connectivity index (χ3v) is 6.21. The lowest BCUT2D eigenvalue weighted by atomic mass is 10.1. The molecule has 0 aliphatic carbocycles. The van der Waals surface area contributed by atoms with Crippen molar-refractivity contribution in [1.29, 1.82) is 0 Å². The van der Waals surface area contributed by atoms with Gasteiger partial charge in [-0.25, -0.2) is 4.98 Å². The summed E-state index contributed by atoms with van der Waals surface area (Å²) in [5.74, 6) is 0.773. The number of carbonyl (C=O) groups is 1. The maximum absolute atomic E-state index is 11.5. The zero-order valence-corrected chi connectivity index (χ0v) is 21.9. The van der Waals surface area contributed by atoms with E-state index in [2.05, 4.69) is 81.0 Å². The number of ether oxygens (including phenoxy) is 1. The molecule has 0 aliphatic heterocycles. The smallest absolute Gasteiger partial charge is 0.153 e. The van der Waals surface area contributed by atoms with Gasteiger partial charge in [-0.15, -0.1) is 0 Å². The van der Waals surface area contributed by atoms with Crippen molar-refractivity contribution < 1.29 is 9.53 Å². The van der Waals surface area contributed by atoms with Gasteiger partial charge in [0.2, 0.25) is 0 Å². The first kappa shape index (κ1) is 27.2. The van der Waals surface area contributed by atoms with Crippen LogP contribution in [-0.4, -0.2) is 58.6 Å². The van der Waals surface area contributed by atoms with Gasteiger partial charge in [-0.3, -0.25) is 4.79 Å². The van der Waals surface area contributed by atoms with E-state index in [0.29, 0.717) is 12.2 Å². The minimum absolute atomic E-state index is 0.0492. The number of hydrogen-bond donors (Lipinski definition) is 2. The molecule has 7 heteroatoms. The maximum Gasteiger partial charge on any atom is 0.153 e. The Labute approximate surface area is 215 Å². The summed E-state index contributed by atoms with van der Waals surface area (Å²) in [6.45, 7) is 5.81. The molecule has 0 radical (unpaired) electrons. The largest absolute Gasteiger partial charge is 0.373 e. The summed E-state index contributed by atoms with van der Waals surface area (Å²) in [5.41, 5.74) is 4.94. The number of aromatic nitrogens is 1. The van der Waals surface area contributed by atoms with E-state index in [0.717, 1.165) is 61.6 Å². The fourth-order valence-electron chi connectivity index (χ4n) is 4.07. The van der Waals surface area contributed by atoms with Gasteiger partial charge in [0, 0.05) is 51.7 Å². The number of benzene rings is 2. The number of likely N-dealkylation sites (N-methyl/N-ethyl adjacent to an activating group) is 2. The molecule has 0 bridgehead atoms. The van der Waals surface area contributed by atoms with Gasteiger partial charge in [0.1, 0.15) is 5.82 Å². The molecular formula is C29H39N5O2. The molecular weight excluding hydrogens is 450 g/mol. The van der Waals surface area contributed by atoms with Crippen LogP contribution in [0.1, 0.15) is 40.9 Å². The molecule has 0 spiro atoms. The van der Waals surface area contributed by atoms with Crippen LogP contribution in [0.5, 0.6) is 0 Å². The van der Waals surface area contributed by atoms with Gasteiger partial charge >= 0.3 is 0 Å². The molecule has 0 amide bonds. The topological polar surface area (TPSA) is 69.7 Å². The molecule has 1 atom stereocenters. The van der Waals surface area contributed by atoms with E-state index in [9.17, 15) is 4.79 Å². The predicted octanol–water partition coefficient (Wildman–Crippen LogP) is 4.77. The Morgan fingerprint density at radius 1 is 1.03 bits per heavy atom. The van der Waals surface area contributed by atoms with Crippen molar-refractivity contribution >= 4 is 23.5 Å². The Bertz CT molecular complexity index is 1080. The van der Waals surface area contributed by atoms with Crippen LogP contribution in [-0.2, 0) is 11.3 Å². The molecule has 0 aliphatic rings. The Morgan fingerprint density at radius 3 is 2.53 bits per heavy atom. The number of anilines is 3. The van der Waals surface area contributed by atoms with Crippen LogP contribution in [0.2, 0.25) is 0 Å². The number of nitrogens with zero attached hydrogens (tertiary/aromatic N) is 3. The normalized spacial score (nSPS) is 11.7. The summed E-state index contributed by atoms with van der Waals surface area (Å²) in [5, 5.41) is 6.44. The molecule has 36 heavy (non-hydrogen) atoms. The van der Waals surface area contributed by atoms with Crippen LogP contribution in [0.3, 0.4) is 0 Å².